The molecule has 1 aliphatic carbocycles. The summed E-state index contributed by atoms with van der Waals surface area (Å²) in [5.74, 6) is 0.309. The van der Waals surface area contributed by atoms with Crippen molar-refractivity contribution in [3.63, 3.8) is 0 Å². The lowest BCUT2D eigenvalue weighted by Gasteiger charge is -2.32. The van der Waals surface area contributed by atoms with Crippen molar-refractivity contribution in [2.45, 2.75) is 64.1 Å². The highest BCUT2D eigenvalue weighted by Gasteiger charge is 2.39. The van der Waals surface area contributed by atoms with Crippen molar-refractivity contribution >= 4 is 23.6 Å². The van der Waals surface area contributed by atoms with Crippen LogP contribution in [0.15, 0.2) is 47.0 Å². The van der Waals surface area contributed by atoms with Crippen LogP contribution < -0.4 is 4.74 Å². The Labute approximate surface area is 214 Å². The molecular formula is C29H30F3NO4. The van der Waals surface area contributed by atoms with E-state index < -0.39 is 18.2 Å². The number of fused-ring (bicyclic) bond motifs is 2. The van der Waals surface area contributed by atoms with E-state index in [9.17, 15) is 23.1 Å². The first-order chi connectivity index (χ1) is 17.6. The fourth-order valence-corrected chi connectivity index (χ4v) is 5.34. The van der Waals surface area contributed by atoms with E-state index in [0.717, 1.165) is 37.4 Å². The minimum atomic E-state index is -4.60. The van der Waals surface area contributed by atoms with Crippen LogP contribution in [0.2, 0.25) is 0 Å². The van der Waals surface area contributed by atoms with Gasteiger partial charge in [0, 0.05) is 17.7 Å². The minimum absolute atomic E-state index is 0.163. The fraction of sp³-hybridized carbons (Fsp3) is 0.448. The van der Waals surface area contributed by atoms with Gasteiger partial charge in [0.1, 0.15) is 17.1 Å². The van der Waals surface area contributed by atoms with E-state index in [1.54, 1.807) is 6.07 Å². The first-order valence-corrected chi connectivity index (χ1v) is 12.7. The van der Waals surface area contributed by atoms with Crippen molar-refractivity contribution in [3.8, 4) is 5.75 Å². The SMILES string of the molecule is CC1=C(c2ccc(OC(C)C(F)(F)F)c(C(=O)O)c2)OCC(c2ccc3c(c2)CC2CC[C@H]2C=N3)CC1. The zero-order chi connectivity index (χ0) is 26.3. The molecule has 5 nitrogen and oxygen atoms in total. The van der Waals surface area contributed by atoms with Crippen LogP contribution in [-0.4, -0.2) is 36.2 Å². The number of nitrogens with zero attached hydrogens (tertiary/aromatic N) is 1. The second kappa shape index (κ2) is 9.88. The molecule has 2 aliphatic heterocycles. The van der Waals surface area contributed by atoms with Crippen LogP contribution in [0.5, 0.6) is 5.75 Å². The average molecular weight is 514 g/mol. The molecule has 8 heteroatoms. The highest BCUT2D eigenvalue weighted by Crippen LogP contribution is 2.42. The van der Waals surface area contributed by atoms with Gasteiger partial charge in [0.25, 0.3) is 0 Å². The van der Waals surface area contributed by atoms with Crippen LogP contribution in [0.3, 0.4) is 0 Å². The van der Waals surface area contributed by atoms with Crippen LogP contribution in [0.4, 0.5) is 18.9 Å². The maximum Gasteiger partial charge on any atom is 0.425 e. The quantitative estimate of drug-likeness (QED) is 0.455. The molecule has 3 unspecified atom stereocenters. The number of ether oxygens (including phenoxy) is 2. The minimum Gasteiger partial charge on any atom is -0.492 e. The largest absolute Gasteiger partial charge is 0.492 e. The van der Waals surface area contributed by atoms with Crippen molar-refractivity contribution in [1.82, 2.24) is 0 Å². The van der Waals surface area contributed by atoms with Gasteiger partial charge < -0.3 is 14.6 Å². The lowest BCUT2D eigenvalue weighted by atomic mass is 9.72. The van der Waals surface area contributed by atoms with Crippen molar-refractivity contribution in [3.05, 3.63) is 64.2 Å². The first-order valence-electron chi connectivity index (χ1n) is 12.7. The Hall–Kier alpha value is -3.29. The number of allylic oxidation sites excluding steroid dienone is 1. The van der Waals surface area contributed by atoms with Crippen LogP contribution in [0.25, 0.3) is 5.76 Å². The zero-order valence-electron chi connectivity index (χ0n) is 20.8. The summed E-state index contributed by atoms with van der Waals surface area (Å²) in [6, 6.07) is 10.6. The number of halogens is 3. The smallest absolute Gasteiger partial charge is 0.425 e. The second-order valence-electron chi connectivity index (χ2n) is 10.3. The number of carbonyl (C=O) groups is 1. The third kappa shape index (κ3) is 5.24. The van der Waals surface area contributed by atoms with Crippen LogP contribution in [-0.2, 0) is 11.2 Å². The summed E-state index contributed by atoms with van der Waals surface area (Å²) in [5, 5.41) is 9.64. The van der Waals surface area contributed by atoms with Gasteiger partial charge in [-0.3, -0.25) is 4.99 Å². The topological polar surface area (TPSA) is 68.1 Å². The highest BCUT2D eigenvalue weighted by molar-refractivity contribution is 5.92. The maximum absolute atomic E-state index is 13.0. The first kappa shape index (κ1) is 25.4. The van der Waals surface area contributed by atoms with Gasteiger partial charge in [0.2, 0.25) is 0 Å². The molecule has 4 atom stereocenters. The predicted octanol–water partition coefficient (Wildman–Crippen LogP) is 7.32. The average Bonchev–Trinajstić information content (AvgIpc) is 3.10. The molecule has 3 aliphatic rings. The van der Waals surface area contributed by atoms with Crippen molar-refractivity contribution in [2.24, 2.45) is 16.8 Å². The maximum atomic E-state index is 13.0. The normalized spacial score (nSPS) is 24.1. The van der Waals surface area contributed by atoms with Crippen molar-refractivity contribution in [2.75, 3.05) is 6.61 Å². The van der Waals surface area contributed by atoms with Gasteiger partial charge in [0.05, 0.1) is 12.3 Å². The Morgan fingerprint density at radius 1 is 1.16 bits per heavy atom. The van der Waals surface area contributed by atoms with Gasteiger partial charge in [0.15, 0.2) is 6.10 Å². The molecule has 37 heavy (non-hydrogen) atoms. The van der Waals surface area contributed by atoms with E-state index in [-0.39, 0.29) is 17.2 Å². The van der Waals surface area contributed by atoms with Gasteiger partial charge in [-0.2, -0.15) is 13.2 Å². The van der Waals surface area contributed by atoms with Gasteiger partial charge >= 0.3 is 12.1 Å². The lowest BCUT2D eigenvalue weighted by Crippen LogP contribution is -2.31. The van der Waals surface area contributed by atoms with E-state index >= 15 is 0 Å². The third-order valence-corrected chi connectivity index (χ3v) is 7.86. The second-order valence-corrected chi connectivity index (χ2v) is 10.3. The van der Waals surface area contributed by atoms with Crippen LogP contribution in [0, 0.1) is 11.8 Å². The molecule has 1 N–H and O–H groups in total. The van der Waals surface area contributed by atoms with Crippen LogP contribution in [0.1, 0.15) is 72.5 Å². The Morgan fingerprint density at radius 2 is 1.97 bits per heavy atom. The molecule has 0 radical (unpaired) electrons. The molecule has 5 rings (SSSR count). The van der Waals surface area contributed by atoms with Crippen molar-refractivity contribution < 1.29 is 32.5 Å². The van der Waals surface area contributed by atoms with Crippen LogP contribution >= 0.6 is 0 Å². The molecule has 1 saturated carbocycles. The molecule has 0 spiro atoms. The Morgan fingerprint density at radius 3 is 2.68 bits per heavy atom. The molecule has 0 amide bonds. The number of aliphatic imine (C=N–C) groups is 1. The summed E-state index contributed by atoms with van der Waals surface area (Å²) in [6.45, 7) is 3.21. The summed E-state index contributed by atoms with van der Waals surface area (Å²) in [6.07, 6.45) is 0.519. The van der Waals surface area contributed by atoms with E-state index in [1.807, 2.05) is 6.92 Å². The number of rotatable bonds is 5. The summed E-state index contributed by atoms with van der Waals surface area (Å²) in [5.41, 5.74) is 4.68. The van der Waals surface area contributed by atoms with Gasteiger partial charge in [-0.05, 0) is 98.8 Å². The van der Waals surface area contributed by atoms with Gasteiger partial charge in [-0.15, -0.1) is 0 Å². The standard InChI is InChI=1S/C29H30F3NO4/c1-16-3-4-22(19-7-9-25-23(12-19)11-18-5-6-21(18)14-33-25)15-36-27(16)20-8-10-26(24(13-20)28(34)35)37-17(2)29(30,31)32/h7-10,12-14,17-18,21-22H,3-6,11,15H2,1-2H3,(H,34,35)/t17?,18?,21-,22?/m0/s1. The number of aromatic carboxylic acids is 1. The molecule has 1 fully saturated rings. The predicted molar refractivity (Wildman–Crippen MR) is 135 cm³/mol. The molecule has 196 valence electrons. The summed E-state index contributed by atoms with van der Waals surface area (Å²) < 4.78 is 50.0. The molecule has 2 aromatic rings. The lowest BCUT2D eigenvalue weighted by molar-refractivity contribution is -0.189. The third-order valence-electron chi connectivity index (χ3n) is 7.86. The number of carboxylic acids is 1. The van der Waals surface area contributed by atoms with E-state index in [1.165, 1.54) is 36.1 Å². The number of alkyl halides is 3. The number of benzene rings is 2. The molecule has 2 aromatic carbocycles. The summed E-state index contributed by atoms with van der Waals surface area (Å²) in [4.78, 5) is 16.5. The van der Waals surface area contributed by atoms with E-state index in [0.29, 0.717) is 29.8 Å². The summed E-state index contributed by atoms with van der Waals surface area (Å²) in [7, 11) is 0. The molecular weight excluding hydrogens is 483 g/mol. The van der Waals surface area contributed by atoms with Gasteiger partial charge in [-0.25, -0.2) is 4.79 Å². The monoisotopic (exact) mass is 513 g/mol. The highest BCUT2D eigenvalue weighted by atomic mass is 19.4. The summed E-state index contributed by atoms with van der Waals surface area (Å²) >= 11 is 0. The number of carboxylic acid groups (broad SMARTS) is 1. The Kier molecular flexibility index (Phi) is 6.77. The Bertz CT molecular complexity index is 1270. The Balaban J connectivity index is 1.34. The van der Waals surface area contributed by atoms with E-state index in [4.69, 9.17) is 14.5 Å². The molecule has 0 bridgehead atoms. The molecule has 0 saturated heterocycles. The van der Waals surface area contributed by atoms with Gasteiger partial charge in [-0.1, -0.05) is 12.1 Å². The zero-order valence-corrected chi connectivity index (χ0v) is 20.8. The molecule has 0 aromatic heterocycles. The molecule has 2 heterocycles. The van der Waals surface area contributed by atoms with E-state index in [2.05, 4.69) is 24.4 Å². The fourth-order valence-electron chi connectivity index (χ4n) is 5.34. The van der Waals surface area contributed by atoms with Crippen molar-refractivity contribution in [1.29, 1.82) is 0 Å². The number of hydrogen-bond acceptors (Lipinski definition) is 4. The number of hydrogen-bond donors (Lipinski definition) is 1.